The molecule has 0 aromatic heterocycles. The van der Waals surface area contributed by atoms with E-state index < -0.39 is 23.9 Å². The molecule has 0 saturated carbocycles. The van der Waals surface area contributed by atoms with Crippen LogP contribution in [0.4, 0.5) is 0 Å². The Balaban J connectivity index is 1.59. The van der Waals surface area contributed by atoms with Gasteiger partial charge in [-0.1, -0.05) is 13.2 Å². The molecule has 2 aromatic rings. The lowest BCUT2D eigenvalue weighted by atomic mass is 9.94. The SMILES string of the molecule is C=C1C(=O)Oc2cc3c(cc21)OC(=O)/C3=C1/C(=O)Oc2cc3c(cc21)OC(=O)C3=C. The van der Waals surface area contributed by atoms with Gasteiger partial charge in [-0.05, 0) is 24.3 Å². The molecule has 4 heterocycles. The number of carbonyl (C=O) groups is 4. The van der Waals surface area contributed by atoms with Gasteiger partial charge < -0.3 is 18.9 Å². The maximum absolute atomic E-state index is 12.7. The van der Waals surface area contributed by atoms with E-state index in [4.69, 9.17) is 18.9 Å². The van der Waals surface area contributed by atoms with Gasteiger partial charge in [0.05, 0.1) is 22.3 Å². The Hall–Kier alpha value is -4.46. The first-order valence-corrected chi connectivity index (χ1v) is 8.72. The lowest BCUT2D eigenvalue weighted by molar-refractivity contribution is -0.128. The molecule has 0 amide bonds. The van der Waals surface area contributed by atoms with E-state index in [1.54, 1.807) is 0 Å². The van der Waals surface area contributed by atoms with Crippen LogP contribution in [0.25, 0.3) is 22.3 Å². The fourth-order valence-electron chi connectivity index (χ4n) is 3.86. The van der Waals surface area contributed by atoms with E-state index in [1.165, 1.54) is 24.3 Å². The molecule has 4 aliphatic rings. The van der Waals surface area contributed by atoms with E-state index in [-0.39, 0.29) is 56.4 Å². The molecule has 0 spiro atoms. The number of carbonyl (C=O) groups excluding carboxylic acids is 4. The molecule has 4 aliphatic heterocycles. The average Bonchev–Trinajstić information content (AvgIpc) is 3.36. The van der Waals surface area contributed by atoms with Gasteiger partial charge in [-0.2, -0.15) is 0 Å². The molecule has 0 unspecified atom stereocenters. The second-order valence-electron chi connectivity index (χ2n) is 6.95. The van der Waals surface area contributed by atoms with E-state index in [2.05, 4.69) is 13.2 Å². The summed E-state index contributed by atoms with van der Waals surface area (Å²) >= 11 is 0. The first-order valence-electron chi connectivity index (χ1n) is 8.72. The number of benzene rings is 2. The van der Waals surface area contributed by atoms with Gasteiger partial charge in [-0.15, -0.1) is 0 Å². The average molecular weight is 400 g/mol. The van der Waals surface area contributed by atoms with Crippen LogP contribution in [0.3, 0.4) is 0 Å². The fraction of sp³-hybridized carbons (Fsp3) is 0. The molecule has 0 bridgehead atoms. The predicted molar refractivity (Wildman–Crippen MR) is 100 cm³/mol. The summed E-state index contributed by atoms with van der Waals surface area (Å²) in [6, 6.07) is 5.85. The minimum Gasteiger partial charge on any atom is -0.422 e. The van der Waals surface area contributed by atoms with Crippen molar-refractivity contribution >= 4 is 46.2 Å². The summed E-state index contributed by atoms with van der Waals surface area (Å²) in [4.78, 5) is 48.9. The largest absolute Gasteiger partial charge is 0.422 e. The third kappa shape index (κ3) is 1.89. The monoisotopic (exact) mass is 400 g/mol. The van der Waals surface area contributed by atoms with E-state index >= 15 is 0 Å². The van der Waals surface area contributed by atoms with Crippen LogP contribution in [0, 0.1) is 0 Å². The molecule has 6 rings (SSSR count). The zero-order valence-electron chi connectivity index (χ0n) is 15.0. The zero-order valence-corrected chi connectivity index (χ0v) is 15.0. The highest BCUT2D eigenvalue weighted by atomic mass is 16.6. The maximum Gasteiger partial charge on any atom is 0.345 e. The van der Waals surface area contributed by atoms with Crippen molar-refractivity contribution in [3.05, 3.63) is 59.7 Å². The minimum absolute atomic E-state index is 0.0341. The van der Waals surface area contributed by atoms with Gasteiger partial charge in [0.1, 0.15) is 23.0 Å². The molecule has 0 aliphatic carbocycles. The molecule has 2 aromatic carbocycles. The Labute approximate surface area is 167 Å². The van der Waals surface area contributed by atoms with Crippen LogP contribution in [-0.2, 0) is 19.2 Å². The number of ether oxygens (including phenoxy) is 4. The van der Waals surface area contributed by atoms with Gasteiger partial charge in [0.15, 0.2) is 0 Å². The highest BCUT2D eigenvalue weighted by Crippen LogP contribution is 2.50. The van der Waals surface area contributed by atoms with E-state index in [9.17, 15) is 19.2 Å². The number of rotatable bonds is 0. The highest BCUT2D eigenvalue weighted by Gasteiger charge is 2.42. The molecule has 8 heteroatoms. The number of fused-ring (bicyclic) bond motifs is 4. The van der Waals surface area contributed by atoms with Gasteiger partial charge in [0, 0.05) is 22.3 Å². The first kappa shape index (κ1) is 16.5. The molecule has 0 N–H and O–H groups in total. The lowest BCUT2D eigenvalue weighted by Crippen LogP contribution is -2.08. The molecule has 0 saturated heterocycles. The molecular weight excluding hydrogens is 392 g/mol. The zero-order chi connectivity index (χ0) is 20.9. The summed E-state index contributed by atoms with van der Waals surface area (Å²) in [6.45, 7) is 7.31. The summed E-state index contributed by atoms with van der Waals surface area (Å²) in [5.74, 6) is -1.95. The lowest BCUT2D eigenvalue weighted by Gasteiger charge is -2.04. The van der Waals surface area contributed by atoms with E-state index in [0.29, 0.717) is 11.1 Å². The van der Waals surface area contributed by atoms with Crippen LogP contribution in [0.2, 0.25) is 0 Å². The molecule has 0 radical (unpaired) electrons. The van der Waals surface area contributed by atoms with Crippen molar-refractivity contribution in [3.8, 4) is 23.0 Å². The normalized spacial score (nSPS) is 20.4. The summed E-state index contributed by atoms with van der Waals surface area (Å²) in [6.07, 6.45) is 0. The van der Waals surface area contributed by atoms with Gasteiger partial charge in [0.2, 0.25) is 0 Å². The summed E-state index contributed by atoms with van der Waals surface area (Å²) < 4.78 is 21.0. The second-order valence-corrected chi connectivity index (χ2v) is 6.95. The number of hydrogen-bond acceptors (Lipinski definition) is 8. The van der Waals surface area contributed by atoms with Crippen LogP contribution in [0.15, 0.2) is 37.4 Å². The van der Waals surface area contributed by atoms with E-state index in [1.807, 2.05) is 0 Å². The van der Waals surface area contributed by atoms with Crippen molar-refractivity contribution in [2.45, 2.75) is 0 Å². The third-order valence-corrected chi connectivity index (χ3v) is 5.31. The summed E-state index contributed by atoms with van der Waals surface area (Å²) in [5, 5.41) is 0. The van der Waals surface area contributed by atoms with Gasteiger partial charge >= 0.3 is 23.9 Å². The van der Waals surface area contributed by atoms with Gasteiger partial charge in [-0.3, -0.25) is 0 Å². The van der Waals surface area contributed by atoms with Gasteiger partial charge in [-0.25, -0.2) is 19.2 Å². The van der Waals surface area contributed by atoms with Crippen LogP contribution < -0.4 is 18.9 Å². The summed E-state index contributed by atoms with van der Waals surface area (Å²) in [5.41, 5.74) is 1.61. The molecule has 144 valence electrons. The van der Waals surface area contributed by atoms with Crippen molar-refractivity contribution < 1.29 is 38.1 Å². The summed E-state index contributed by atoms with van der Waals surface area (Å²) in [7, 11) is 0. The van der Waals surface area contributed by atoms with Crippen molar-refractivity contribution in [1.82, 2.24) is 0 Å². The van der Waals surface area contributed by atoms with Crippen molar-refractivity contribution in [2.24, 2.45) is 0 Å². The quantitative estimate of drug-likeness (QED) is 0.377. The molecule has 8 nitrogen and oxygen atoms in total. The van der Waals surface area contributed by atoms with Crippen molar-refractivity contribution in [1.29, 1.82) is 0 Å². The minimum atomic E-state index is -0.757. The van der Waals surface area contributed by atoms with Crippen LogP contribution >= 0.6 is 0 Å². The van der Waals surface area contributed by atoms with Crippen LogP contribution in [0.1, 0.15) is 22.3 Å². The Morgan fingerprint density at radius 3 is 1.17 bits per heavy atom. The molecule has 0 fully saturated rings. The number of hydrogen-bond donors (Lipinski definition) is 0. The van der Waals surface area contributed by atoms with Crippen molar-refractivity contribution in [2.75, 3.05) is 0 Å². The maximum atomic E-state index is 12.7. The van der Waals surface area contributed by atoms with Crippen molar-refractivity contribution in [3.63, 3.8) is 0 Å². The molecule has 30 heavy (non-hydrogen) atoms. The Morgan fingerprint density at radius 2 is 0.767 bits per heavy atom. The first-order chi connectivity index (χ1) is 14.3. The Kier molecular flexibility index (Phi) is 2.81. The third-order valence-electron chi connectivity index (χ3n) is 5.31. The standard InChI is InChI=1S/C22H8O8/c1-7-9-3-15-11(5-13(9)27-19(7)23)17(21(25)29-15)18-12-6-14-10(8(2)20(24)28-14)4-16(12)30-22(18)26/h3-6H,1-2H2/b18-17+. The highest BCUT2D eigenvalue weighted by molar-refractivity contribution is 6.41. The number of esters is 4. The van der Waals surface area contributed by atoms with Crippen LogP contribution in [-0.4, -0.2) is 23.9 Å². The molecular formula is C22H8O8. The Morgan fingerprint density at radius 1 is 0.467 bits per heavy atom. The van der Waals surface area contributed by atoms with E-state index in [0.717, 1.165) is 0 Å². The Bertz CT molecular complexity index is 1280. The smallest absolute Gasteiger partial charge is 0.345 e. The fourth-order valence-corrected chi connectivity index (χ4v) is 3.86. The van der Waals surface area contributed by atoms with Gasteiger partial charge in [0.25, 0.3) is 0 Å². The van der Waals surface area contributed by atoms with Crippen LogP contribution in [0.5, 0.6) is 23.0 Å². The topological polar surface area (TPSA) is 105 Å². The molecule has 0 atom stereocenters. The predicted octanol–water partition coefficient (Wildman–Crippen LogP) is 2.30. The second kappa shape index (κ2) is 5.12.